The third kappa shape index (κ3) is 6.37. The van der Waals surface area contributed by atoms with E-state index in [2.05, 4.69) is 73.4 Å². The number of rotatable bonds is 9. The van der Waals surface area contributed by atoms with E-state index in [1.54, 1.807) is 0 Å². The second-order valence-electron chi connectivity index (χ2n) is 8.13. The zero-order valence-corrected chi connectivity index (χ0v) is 21.2. The monoisotopic (exact) mass is 529 g/mol. The minimum Gasteiger partial charge on any atom is -0.378 e. The zero-order chi connectivity index (χ0) is 23.2. The molecule has 0 spiro atoms. The summed E-state index contributed by atoms with van der Waals surface area (Å²) in [6, 6.07) is 13.9. The van der Waals surface area contributed by atoms with E-state index in [9.17, 15) is 4.79 Å². The van der Waals surface area contributed by atoms with Gasteiger partial charge in [0.15, 0.2) is 11.0 Å². The Morgan fingerprint density at radius 3 is 2.82 bits per heavy atom. The number of carbonyl (C=O) groups is 1. The summed E-state index contributed by atoms with van der Waals surface area (Å²) in [5.41, 5.74) is 4.26. The summed E-state index contributed by atoms with van der Waals surface area (Å²) >= 11 is 4.85. The largest absolute Gasteiger partial charge is 0.378 e. The number of aryl methyl sites for hydroxylation is 2. The Morgan fingerprint density at radius 2 is 2.06 bits per heavy atom. The number of carbonyl (C=O) groups excluding carboxylic acids is 1. The number of nitrogens with one attached hydrogen (secondary N) is 2. The van der Waals surface area contributed by atoms with Gasteiger partial charge >= 0.3 is 0 Å². The fraction of sp³-hybridized carbons (Fsp3) is 0.375. The van der Waals surface area contributed by atoms with Crippen molar-refractivity contribution in [2.24, 2.45) is 0 Å². The number of nitrogens with zero attached hydrogens (tertiary/aromatic N) is 3. The van der Waals surface area contributed by atoms with Crippen molar-refractivity contribution in [3.8, 4) is 0 Å². The van der Waals surface area contributed by atoms with E-state index in [1.165, 1.54) is 22.9 Å². The molecule has 1 amide bonds. The third-order valence-corrected chi connectivity index (χ3v) is 7.16. The quantitative estimate of drug-likeness (QED) is 0.371. The molecule has 1 saturated heterocycles. The SMILES string of the molecule is Cc1ccc(NCc2nnc(SCC(=O)Nc3ccccc3Br)n2C[C@@H]2CCCO2)c(C)c1. The minimum atomic E-state index is -0.0893. The molecule has 4 rings (SSSR count). The Hall–Kier alpha value is -2.36. The van der Waals surface area contributed by atoms with Crippen LogP contribution in [0.15, 0.2) is 52.1 Å². The van der Waals surface area contributed by atoms with Crippen LogP contribution < -0.4 is 10.6 Å². The molecule has 1 atom stereocenters. The van der Waals surface area contributed by atoms with Gasteiger partial charge in [-0.2, -0.15) is 0 Å². The number of hydrogen-bond donors (Lipinski definition) is 2. The van der Waals surface area contributed by atoms with Gasteiger partial charge in [0, 0.05) is 16.8 Å². The second-order valence-corrected chi connectivity index (χ2v) is 9.93. The summed E-state index contributed by atoms with van der Waals surface area (Å²) < 4.78 is 8.80. The average Bonchev–Trinajstić information content (AvgIpc) is 3.44. The van der Waals surface area contributed by atoms with E-state index in [0.29, 0.717) is 13.1 Å². The van der Waals surface area contributed by atoms with Gasteiger partial charge in [0.05, 0.1) is 30.6 Å². The van der Waals surface area contributed by atoms with Crippen molar-refractivity contribution >= 4 is 45.0 Å². The van der Waals surface area contributed by atoms with E-state index in [0.717, 1.165) is 46.3 Å². The van der Waals surface area contributed by atoms with Gasteiger partial charge in [0.1, 0.15) is 0 Å². The van der Waals surface area contributed by atoms with E-state index < -0.39 is 0 Å². The van der Waals surface area contributed by atoms with E-state index >= 15 is 0 Å². The summed E-state index contributed by atoms with van der Waals surface area (Å²) in [7, 11) is 0. The van der Waals surface area contributed by atoms with Crippen LogP contribution in [0.4, 0.5) is 11.4 Å². The van der Waals surface area contributed by atoms with Gasteiger partial charge in [-0.3, -0.25) is 4.79 Å². The number of halogens is 1. The maximum atomic E-state index is 12.5. The molecule has 2 aromatic carbocycles. The van der Waals surface area contributed by atoms with Crippen molar-refractivity contribution in [3.63, 3.8) is 0 Å². The summed E-state index contributed by atoms with van der Waals surface area (Å²) in [6.45, 7) is 6.21. The molecule has 174 valence electrons. The molecule has 1 aliphatic heterocycles. The number of aromatic nitrogens is 3. The van der Waals surface area contributed by atoms with Crippen molar-refractivity contribution in [3.05, 3.63) is 63.9 Å². The van der Waals surface area contributed by atoms with Crippen LogP contribution in [0.3, 0.4) is 0 Å². The lowest BCUT2D eigenvalue weighted by molar-refractivity contribution is -0.113. The Labute approximate surface area is 206 Å². The fourth-order valence-corrected chi connectivity index (χ4v) is 4.95. The lowest BCUT2D eigenvalue weighted by Crippen LogP contribution is -2.20. The van der Waals surface area contributed by atoms with Crippen LogP contribution in [0, 0.1) is 13.8 Å². The Kier molecular flexibility index (Phi) is 8.06. The molecule has 1 aliphatic rings. The predicted octanol–water partition coefficient (Wildman–Crippen LogP) is 5.18. The van der Waals surface area contributed by atoms with Crippen LogP contribution in [0.1, 0.15) is 29.8 Å². The molecule has 9 heteroatoms. The van der Waals surface area contributed by atoms with Crippen molar-refractivity contribution < 1.29 is 9.53 Å². The van der Waals surface area contributed by atoms with Crippen LogP contribution in [0.5, 0.6) is 0 Å². The molecule has 1 fully saturated rings. The van der Waals surface area contributed by atoms with Gasteiger partial charge in [-0.05, 0) is 66.4 Å². The molecule has 0 bridgehead atoms. The molecule has 0 saturated carbocycles. The Bertz CT molecular complexity index is 1110. The maximum Gasteiger partial charge on any atom is 0.234 e. The number of para-hydroxylation sites is 1. The molecule has 1 aromatic heterocycles. The lowest BCUT2D eigenvalue weighted by atomic mass is 10.1. The summed E-state index contributed by atoms with van der Waals surface area (Å²) in [5, 5.41) is 16.0. The Morgan fingerprint density at radius 1 is 1.21 bits per heavy atom. The standard InChI is InChI=1S/C24H28BrN5O2S/c1-16-9-10-20(17(2)12-16)26-13-22-28-29-24(30(22)14-18-6-5-11-32-18)33-15-23(31)27-21-8-4-3-7-19(21)25/h3-4,7-10,12,18,26H,5-6,11,13-15H2,1-2H3,(H,27,31)/t18-/m0/s1. The normalized spacial score (nSPS) is 15.5. The third-order valence-electron chi connectivity index (χ3n) is 5.50. The van der Waals surface area contributed by atoms with Gasteiger partial charge in [0.2, 0.25) is 5.91 Å². The summed E-state index contributed by atoms with van der Waals surface area (Å²) in [4.78, 5) is 12.5. The number of ether oxygens (including phenoxy) is 1. The molecule has 33 heavy (non-hydrogen) atoms. The summed E-state index contributed by atoms with van der Waals surface area (Å²) in [6.07, 6.45) is 2.24. The van der Waals surface area contributed by atoms with Crippen molar-refractivity contribution in [2.45, 2.75) is 51.0 Å². The molecule has 0 aliphatic carbocycles. The fourth-order valence-electron chi connectivity index (χ4n) is 3.80. The first-order valence-electron chi connectivity index (χ1n) is 11.0. The Balaban J connectivity index is 1.44. The molecule has 7 nitrogen and oxygen atoms in total. The number of thioether (sulfide) groups is 1. The van der Waals surface area contributed by atoms with Crippen molar-refractivity contribution in [1.82, 2.24) is 14.8 Å². The van der Waals surface area contributed by atoms with Gasteiger partial charge in [-0.25, -0.2) is 0 Å². The van der Waals surface area contributed by atoms with Crippen LogP contribution in [-0.4, -0.2) is 39.1 Å². The second kappa shape index (κ2) is 11.2. The number of benzene rings is 2. The average molecular weight is 530 g/mol. The number of amides is 1. The molecular weight excluding hydrogens is 502 g/mol. The van der Waals surface area contributed by atoms with E-state index in [1.807, 2.05) is 24.3 Å². The zero-order valence-electron chi connectivity index (χ0n) is 18.8. The van der Waals surface area contributed by atoms with E-state index in [4.69, 9.17) is 4.74 Å². The van der Waals surface area contributed by atoms with Crippen molar-refractivity contribution in [1.29, 1.82) is 0 Å². The number of hydrogen-bond acceptors (Lipinski definition) is 6. The highest BCUT2D eigenvalue weighted by atomic mass is 79.9. The highest BCUT2D eigenvalue weighted by molar-refractivity contribution is 9.10. The lowest BCUT2D eigenvalue weighted by Gasteiger charge is -2.16. The van der Waals surface area contributed by atoms with Gasteiger partial charge in [0.25, 0.3) is 0 Å². The molecule has 0 unspecified atom stereocenters. The maximum absolute atomic E-state index is 12.5. The van der Waals surface area contributed by atoms with Gasteiger partial charge < -0.3 is 19.9 Å². The molecule has 2 N–H and O–H groups in total. The molecule has 2 heterocycles. The smallest absolute Gasteiger partial charge is 0.234 e. The first kappa shape index (κ1) is 23.8. The minimum absolute atomic E-state index is 0.0893. The molecular formula is C24H28BrN5O2S. The van der Waals surface area contributed by atoms with Gasteiger partial charge in [-0.1, -0.05) is 41.6 Å². The predicted molar refractivity (Wildman–Crippen MR) is 136 cm³/mol. The number of anilines is 2. The first-order valence-corrected chi connectivity index (χ1v) is 12.8. The van der Waals surface area contributed by atoms with E-state index in [-0.39, 0.29) is 17.8 Å². The van der Waals surface area contributed by atoms with Crippen LogP contribution in [0.25, 0.3) is 0 Å². The molecule has 0 radical (unpaired) electrons. The van der Waals surface area contributed by atoms with Crippen LogP contribution in [0.2, 0.25) is 0 Å². The van der Waals surface area contributed by atoms with Gasteiger partial charge in [-0.15, -0.1) is 10.2 Å². The van der Waals surface area contributed by atoms with Crippen LogP contribution in [-0.2, 0) is 22.6 Å². The molecule has 3 aromatic rings. The van der Waals surface area contributed by atoms with Crippen molar-refractivity contribution in [2.75, 3.05) is 23.0 Å². The summed E-state index contributed by atoms with van der Waals surface area (Å²) in [5.74, 6) is 0.989. The highest BCUT2D eigenvalue weighted by Crippen LogP contribution is 2.25. The first-order chi connectivity index (χ1) is 16.0. The highest BCUT2D eigenvalue weighted by Gasteiger charge is 2.21. The topological polar surface area (TPSA) is 81.1 Å². The van der Waals surface area contributed by atoms with Crippen LogP contribution >= 0.6 is 27.7 Å².